The van der Waals surface area contributed by atoms with Crippen molar-refractivity contribution in [2.45, 2.75) is 18.2 Å². The number of halogens is 1. The van der Waals surface area contributed by atoms with E-state index in [1.807, 2.05) is 25.1 Å². The molecule has 0 aromatic heterocycles. The van der Waals surface area contributed by atoms with Crippen LogP contribution in [0.4, 0.5) is 0 Å². The van der Waals surface area contributed by atoms with Crippen molar-refractivity contribution in [3.63, 3.8) is 0 Å². The molecule has 1 aromatic rings. The minimum atomic E-state index is -0.929. The second-order valence-electron chi connectivity index (χ2n) is 4.08. The zero-order chi connectivity index (χ0) is 11.9. The molecule has 2 rings (SSSR count). The molecule has 0 aliphatic heterocycles. The summed E-state index contributed by atoms with van der Waals surface area (Å²) < 4.78 is 0. The van der Waals surface area contributed by atoms with Gasteiger partial charge in [-0.15, -0.1) is 0 Å². The largest absolute Gasteiger partial charge is 0.481 e. The fourth-order valence-corrected chi connectivity index (χ4v) is 2.64. The third kappa shape index (κ3) is 1.78. The van der Waals surface area contributed by atoms with E-state index in [4.69, 9.17) is 5.11 Å². The summed E-state index contributed by atoms with van der Waals surface area (Å²) in [6, 6.07) is 5.57. The van der Waals surface area contributed by atoms with Crippen molar-refractivity contribution in [3.8, 4) is 0 Å². The van der Waals surface area contributed by atoms with Crippen molar-refractivity contribution in [1.29, 1.82) is 0 Å². The molecule has 0 saturated heterocycles. The van der Waals surface area contributed by atoms with Crippen molar-refractivity contribution < 1.29 is 14.7 Å². The second kappa shape index (κ2) is 4.01. The van der Waals surface area contributed by atoms with Gasteiger partial charge in [0.2, 0.25) is 0 Å². The van der Waals surface area contributed by atoms with Gasteiger partial charge in [0.1, 0.15) is 0 Å². The quantitative estimate of drug-likeness (QED) is 0.804. The molecule has 1 aliphatic rings. The number of carbonyl (C=O) groups is 2. The minimum absolute atomic E-state index is 0.127. The van der Waals surface area contributed by atoms with E-state index in [1.165, 1.54) is 0 Å². The van der Waals surface area contributed by atoms with Crippen LogP contribution in [0.15, 0.2) is 18.2 Å². The zero-order valence-corrected chi connectivity index (χ0v) is 10.3. The van der Waals surface area contributed by atoms with Crippen LogP contribution in [0.5, 0.6) is 0 Å². The Morgan fingerprint density at radius 1 is 1.50 bits per heavy atom. The molecule has 1 aromatic carbocycles. The molecule has 2 unspecified atom stereocenters. The lowest BCUT2D eigenvalue weighted by molar-refractivity contribution is -0.141. The van der Waals surface area contributed by atoms with Crippen molar-refractivity contribution in [3.05, 3.63) is 34.9 Å². The van der Waals surface area contributed by atoms with E-state index >= 15 is 0 Å². The number of hydrogen-bond donors (Lipinski definition) is 1. The molecule has 16 heavy (non-hydrogen) atoms. The number of benzene rings is 1. The Morgan fingerprint density at radius 2 is 2.19 bits per heavy atom. The van der Waals surface area contributed by atoms with E-state index in [-0.39, 0.29) is 5.78 Å². The van der Waals surface area contributed by atoms with Crippen molar-refractivity contribution >= 4 is 27.7 Å². The van der Waals surface area contributed by atoms with Crippen LogP contribution in [-0.2, 0) is 11.2 Å². The monoisotopic (exact) mass is 282 g/mol. The number of aryl methyl sites for hydroxylation is 1. The molecule has 0 heterocycles. The molecule has 4 heteroatoms. The van der Waals surface area contributed by atoms with Crippen molar-refractivity contribution in [1.82, 2.24) is 0 Å². The molecule has 1 aliphatic carbocycles. The van der Waals surface area contributed by atoms with Crippen LogP contribution in [0.1, 0.15) is 21.5 Å². The summed E-state index contributed by atoms with van der Waals surface area (Å²) in [5.74, 6) is -1.72. The van der Waals surface area contributed by atoms with Gasteiger partial charge in [0.05, 0.1) is 10.7 Å². The first-order valence-corrected chi connectivity index (χ1v) is 5.93. The third-order valence-corrected chi connectivity index (χ3v) is 3.95. The smallest absolute Gasteiger partial charge is 0.308 e. The Balaban J connectivity index is 2.48. The molecule has 0 fully saturated rings. The number of Topliss-reactive ketones (excluding diaryl/α,β-unsaturated/α-hetero) is 1. The maximum absolute atomic E-state index is 12.0. The highest BCUT2D eigenvalue weighted by Gasteiger charge is 2.37. The first-order valence-electron chi connectivity index (χ1n) is 5.01. The number of alkyl halides is 1. The standard InChI is InChI=1S/C12H11BrO3/c1-6-2-3-7-5-9(12(15)16)10(13)11(14)8(7)4-6/h2-4,9-10H,5H2,1H3,(H,15,16). The average Bonchev–Trinajstić information content (AvgIpc) is 2.23. The molecular weight excluding hydrogens is 272 g/mol. The summed E-state index contributed by atoms with van der Waals surface area (Å²) in [5, 5.41) is 9.02. The predicted octanol–water partition coefficient (Wildman–Crippen LogP) is 2.20. The average molecular weight is 283 g/mol. The van der Waals surface area contributed by atoms with E-state index in [0.29, 0.717) is 12.0 Å². The molecule has 0 bridgehead atoms. The number of hydrogen-bond acceptors (Lipinski definition) is 2. The number of ketones is 1. The van der Waals surface area contributed by atoms with Gasteiger partial charge in [-0.1, -0.05) is 33.6 Å². The summed E-state index contributed by atoms with van der Waals surface area (Å²) in [4.78, 5) is 22.4. The van der Waals surface area contributed by atoms with Gasteiger partial charge >= 0.3 is 5.97 Å². The van der Waals surface area contributed by atoms with Crippen LogP contribution in [0.25, 0.3) is 0 Å². The van der Waals surface area contributed by atoms with E-state index in [1.54, 1.807) is 0 Å². The Bertz CT molecular complexity index is 467. The van der Waals surface area contributed by atoms with E-state index in [0.717, 1.165) is 11.1 Å². The van der Waals surface area contributed by atoms with Crippen LogP contribution < -0.4 is 0 Å². The highest BCUT2D eigenvalue weighted by Crippen LogP contribution is 2.31. The highest BCUT2D eigenvalue weighted by molar-refractivity contribution is 9.10. The number of carboxylic acids is 1. The summed E-state index contributed by atoms with van der Waals surface area (Å²) in [6.45, 7) is 1.92. The molecule has 2 atom stereocenters. The van der Waals surface area contributed by atoms with Gasteiger partial charge in [-0.25, -0.2) is 0 Å². The Labute approximate surface area is 102 Å². The van der Waals surface area contributed by atoms with Gasteiger partial charge in [-0.3, -0.25) is 9.59 Å². The number of carbonyl (C=O) groups excluding carboxylic acids is 1. The van der Waals surface area contributed by atoms with Gasteiger partial charge in [-0.2, -0.15) is 0 Å². The van der Waals surface area contributed by atoms with Gasteiger partial charge in [0, 0.05) is 5.56 Å². The molecule has 3 nitrogen and oxygen atoms in total. The first kappa shape index (κ1) is 11.3. The SMILES string of the molecule is Cc1ccc2c(c1)C(=O)C(Br)C(C(=O)O)C2. The molecule has 84 valence electrons. The normalized spacial score (nSPS) is 24.0. The topological polar surface area (TPSA) is 54.4 Å². The lowest BCUT2D eigenvalue weighted by Crippen LogP contribution is -2.36. The fraction of sp³-hybridized carbons (Fsp3) is 0.333. The summed E-state index contributed by atoms with van der Waals surface area (Å²) in [5.41, 5.74) is 2.50. The second-order valence-corrected chi connectivity index (χ2v) is 5.06. The number of aliphatic carboxylic acids is 1. The Hall–Kier alpha value is -1.16. The van der Waals surface area contributed by atoms with Crippen LogP contribution in [-0.4, -0.2) is 21.7 Å². The summed E-state index contributed by atoms with van der Waals surface area (Å²) in [6.07, 6.45) is 0.409. The Morgan fingerprint density at radius 3 is 2.81 bits per heavy atom. The van der Waals surface area contributed by atoms with Crippen LogP contribution in [0.3, 0.4) is 0 Å². The molecular formula is C12H11BrO3. The van der Waals surface area contributed by atoms with Gasteiger partial charge in [0.25, 0.3) is 0 Å². The summed E-state index contributed by atoms with van der Waals surface area (Å²) >= 11 is 3.18. The van der Waals surface area contributed by atoms with Crippen LogP contribution in [0.2, 0.25) is 0 Å². The molecule has 0 amide bonds. The predicted molar refractivity (Wildman–Crippen MR) is 63.1 cm³/mol. The van der Waals surface area contributed by atoms with E-state index in [2.05, 4.69) is 15.9 Å². The highest BCUT2D eigenvalue weighted by atomic mass is 79.9. The number of rotatable bonds is 1. The third-order valence-electron chi connectivity index (χ3n) is 2.89. The maximum atomic E-state index is 12.0. The molecule has 0 spiro atoms. The number of fused-ring (bicyclic) bond motifs is 1. The minimum Gasteiger partial charge on any atom is -0.481 e. The molecule has 0 radical (unpaired) electrons. The lowest BCUT2D eigenvalue weighted by atomic mass is 9.82. The van der Waals surface area contributed by atoms with Gasteiger partial charge < -0.3 is 5.11 Å². The van der Waals surface area contributed by atoms with Crippen LogP contribution in [0, 0.1) is 12.8 Å². The number of carboxylic acid groups (broad SMARTS) is 1. The molecule has 0 saturated carbocycles. The van der Waals surface area contributed by atoms with Crippen LogP contribution >= 0.6 is 15.9 Å². The van der Waals surface area contributed by atoms with E-state index < -0.39 is 16.7 Å². The van der Waals surface area contributed by atoms with E-state index in [9.17, 15) is 9.59 Å². The zero-order valence-electron chi connectivity index (χ0n) is 8.74. The van der Waals surface area contributed by atoms with Gasteiger partial charge in [-0.05, 0) is 25.0 Å². The molecule has 1 N–H and O–H groups in total. The van der Waals surface area contributed by atoms with Gasteiger partial charge in [0.15, 0.2) is 5.78 Å². The van der Waals surface area contributed by atoms with Crippen molar-refractivity contribution in [2.24, 2.45) is 5.92 Å². The lowest BCUT2D eigenvalue weighted by Gasteiger charge is -2.25. The maximum Gasteiger partial charge on any atom is 0.308 e. The fourth-order valence-electron chi connectivity index (χ4n) is 1.98. The summed E-state index contributed by atoms with van der Waals surface area (Å²) in [7, 11) is 0. The Kier molecular flexibility index (Phi) is 2.84. The first-order chi connectivity index (χ1) is 7.50. The van der Waals surface area contributed by atoms with Crippen molar-refractivity contribution in [2.75, 3.05) is 0 Å².